The molecule has 0 saturated carbocycles. The minimum absolute atomic E-state index is 0. The van der Waals surface area contributed by atoms with Crippen LogP contribution in [0.15, 0.2) is 42.9 Å². The molecule has 11 nitrogen and oxygen atoms in total. The van der Waals surface area contributed by atoms with Crippen molar-refractivity contribution in [2.75, 3.05) is 0 Å². The number of hydrogen-bond acceptors (Lipinski definition) is 10. The van der Waals surface area contributed by atoms with Crippen LogP contribution in [0.2, 0.25) is 0 Å². The Balaban J connectivity index is 0.00000264. The van der Waals surface area contributed by atoms with Crippen LogP contribution in [-0.4, -0.2) is 25.4 Å². The van der Waals surface area contributed by atoms with Crippen molar-refractivity contribution in [1.82, 2.24) is 9.97 Å². The van der Waals surface area contributed by atoms with Crippen LogP contribution in [0.1, 0.15) is 0 Å². The summed E-state index contributed by atoms with van der Waals surface area (Å²) in [6.45, 7) is 0. The number of nitrogens with zero attached hydrogens (tertiary/aromatic N) is 2. The Morgan fingerprint density at radius 2 is 1.87 bits per heavy atom. The maximum atomic E-state index is 11.5. The first-order chi connectivity index (χ1) is 10.5. The fourth-order valence-electron chi connectivity index (χ4n) is 1.35. The molecule has 0 atom stereocenters. The molecule has 1 heterocycles. The van der Waals surface area contributed by atoms with Gasteiger partial charge in [0.15, 0.2) is 0 Å². The van der Waals surface area contributed by atoms with E-state index in [2.05, 4.69) is 19.6 Å². The third-order valence-electron chi connectivity index (χ3n) is 2.26. The summed E-state index contributed by atoms with van der Waals surface area (Å²) in [5.41, 5.74) is -2.44. The van der Waals surface area contributed by atoms with E-state index in [0.29, 0.717) is 16.9 Å². The van der Waals surface area contributed by atoms with Gasteiger partial charge in [0.1, 0.15) is 11.4 Å². The van der Waals surface area contributed by atoms with Gasteiger partial charge in [-0.25, -0.2) is 10.1 Å². The van der Waals surface area contributed by atoms with Crippen molar-refractivity contribution in [3.05, 3.63) is 39.0 Å². The number of aromatic amines is 2. The van der Waals surface area contributed by atoms with Crippen LogP contribution in [-0.2, 0) is 25.9 Å². The second-order valence-electron chi connectivity index (χ2n) is 3.68. The smallest absolute Gasteiger partial charge is 0.328 e. The molecular weight excluding hydrogens is 379 g/mol. The molecule has 0 amide bonds. The van der Waals surface area contributed by atoms with Crippen LogP contribution in [0.4, 0.5) is 11.4 Å². The van der Waals surface area contributed by atoms with E-state index < -0.39 is 22.8 Å². The Morgan fingerprint density at radius 1 is 1.13 bits per heavy atom. The molecule has 0 saturated heterocycles. The number of hydrogen-bond donors (Lipinski definition) is 5. The minimum atomic E-state index is -0.952. The summed E-state index contributed by atoms with van der Waals surface area (Å²) >= 11 is 0.623. The maximum Gasteiger partial charge on any atom is 0.328 e. The number of phenolic OH excluding ortho intramolecular Hbond substituents is 1. The zero-order valence-electron chi connectivity index (χ0n) is 10.8. The van der Waals surface area contributed by atoms with E-state index >= 15 is 0 Å². The zero-order valence-corrected chi connectivity index (χ0v) is 12.6. The molecule has 1 aromatic carbocycles. The molecular formula is C10H8N4NiO7S. The van der Waals surface area contributed by atoms with Gasteiger partial charge in [0, 0.05) is 21.4 Å². The number of phenols is 1. The second kappa shape index (κ2) is 8.45. The van der Waals surface area contributed by atoms with Gasteiger partial charge in [0.2, 0.25) is 11.6 Å². The number of azo groups is 1. The van der Waals surface area contributed by atoms with Crippen molar-refractivity contribution in [3.8, 4) is 11.6 Å². The molecule has 0 aliphatic rings. The number of rotatable bonds is 5. The number of aromatic nitrogens is 2. The molecule has 0 spiro atoms. The standard InChI is InChI=1S/C10H8N4O7S.Ni/c15-6-2-1-4(22-21-20-19)3-5(6)13-14-7-8(16)11-10(18)12-9(7)17;/h1-3,15,19H,(H3,11,12,16,17,18);. The molecule has 2 aromatic rings. The summed E-state index contributed by atoms with van der Waals surface area (Å²) < 4.78 is 4.21. The third-order valence-corrected chi connectivity index (χ3v) is 2.84. The third kappa shape index (κ3) is 4.91. The van der Waals surface area contributed by atoms with Crippen LogP contribution < -0.4 is 11.2 Å². The van der Waals surface area contributed by atoms with Crippen molar-refractivity contribution in [3.63, 3.8) is 0 Å². The van der Waals surface area contributed by atoms with Crippen molar-refractivity contribution >= 4 is 23.4 Å². The summed E-state index contributed by atoms with van der Waals surface area (Å²) in [5, 5.41) is 37.6. The zero-order chi connectivity index (χ0) is 16.1. The molecule has 2 rings (SSSR count). The molecule has 13 heteroatoms. The van der Waals surface area contributed by atoms with Gasteiger partial charge < -0.3 is 10.2 Å². The maximum absolute atomic E-state index is 11.5. The van der Waals surface area contributed by atoms with Gasteiger partial charge in [-0.3, -0.25) is 14.8 Å². The molecule has 0 radical (unpaired) electrons. The molecule has 0 unspecified atom stereocenters. The van der Waals surface area contributed by atoms with Crippen molar-refractivity contribution < 1.29 is 41.3 Å². The topological polar surface area (TPSA) is 170 Å². The molecule has 0 bridgehead atoms. The van der Waals surface area contributed by atoms with Gasteiger partial charge in [-0.1, -0.05) is 5.04 Å². The number of benzene rings is 1. The first kappa shape index (κ1) is 18.9. The summed E-state index contributed by atoms with van der Waals surface area (Å²) in [7, 11) is 0. The van der Waals surface area contributed by atoms with E-state index in [4.69, 9.17) is 5.26 Å². The average Bonchev–Trinajstić information content (AvgIpc) is 2.46. The predicted molar refractivity (Wildman–Crippen MR) is 72.3 cm³/mol. The van der Waals surface area contributed by atoms with E-state index in [1.165, 1.54) is 18.2 Å². The quantitative estimate of drug-likeness (QED) is 0.168. The summed E-state index contributed by atoms with van der Waals surface area (Å²) in [4.78, 5) is 26.5. The molecule has 0 aliphatic heterocycles. The van der Waals surface area contributed by atoms with Crippen LogP contribution in [0.3, 0.4) is 0 Å². The van der Waals surface area contributed by atoms with Gasteiger partial charge in [0.25, 0.3) is 5.56 Å². The van der Waals surface area contributed by atoms with Gasteiger partial charge in [0.05, 0.1) is 12.0 Å². The molecule has 1 aromatic heterocycles. The van der Waals surface area contributed by atoms with E-state index in [1.54, 1.807) is 0 Å². The normalized spacial score (nSPS) is 10.7. The molecule has 0 fully saturated rings. The summed E-state index contributed by atoms with van der Waals surface area (Å²) in [6, 6.07) is 4.00. The number of H-pyrrole nitrogens is 2. The van der Waals surface area contributed by atoms with Gasteiger partial charge in [-0.15, -0.1) is 14.6 Å². The summed E-state index contributed by atoms with van der Waals surface area (Å²) in [6.07, 6.45) is 0. The predicted octanol–water partition coefficient (Wildman–Crippen LogP) is 1.32. The average molecular weight is 387 g/mol. The van der Waals surface area contributed by atoms with Crippen LogP contribution in [0.25, 0.3) is 0 Å². The van der Waals surface area contributed by atoms with E-state index in [-0.39, 0.29) is 27.9 Å². The van der Waals surface area contributed by atoms with Crippen molar-refractivity contribution in [2.45, 2.75) is 4.90 Å². The fraction of sp³-hybridized carbons (Fsp3) is 0. The minimum Gasteiger partial charge on any atom is -0.506 e. The van der Waals surface area contributed by atoms with Gasteiger partial charge in [-0.05, 0) is 18.2 Å². The van der Waals surface area contributed by atoms with E-state index in [1.807, 2.05) is 9.97 Å². The first-order valence-electron chi connectivity index (χ1n) is 5.46. The number of nitrogens with one attached hydrogen (secondary N) is 2. The van der Waals surface area contributed by atoms with Crippen LogP contribution >= 0.6 is 12.0 Å². The van der Waals surface area contributed by atoms with Gasteiger partial charge >= 0.3 is 5.69 Å². The fourth-order valence-corrected chi connectivity index (χ4v) is 1.75. The second-order valence-corrected chi connectivity index (χ2v) is 4.46. The monoisotopic (exact) mass is 386 g/mol. The Kier molecular flexibility index (Phi) is 6.94. The molecule has 126 valence electrons. The van der Waals surface area contributed by atoms with Gasteiger partial charge in [-0.2, -0.15) is 0 Å². The van der Waals surface area contributed by atoms with E-state index in [9.17, 15) is 19.8 Å². The van der Waals surface area contributed by atoms with Crippen LogP contribution in [0.5, 0.6) is 11.6 Å². The Hall–Kier alpha value is -2.18. The molecule has 0 aliphatic carbocycles. The SMILES string of the molecule is O=c1[nH]c(O)c(N=Nc2cc(SOOO)ccc2O)c(=O)[nH]1.[Ni]. The Bertz CT molecular complexity index is 822. The molecule has 23 heavy (non-hydrogen) atoms. The largest absolute Gasteiger partial charge is 0.506 e. The number of aromatic hydroxyl groups is 2. The Labute approximate surface area is 141 Å². The first-order valence-corrected chi connectivity index (χ1v) is 6.20. The Morgan fingerprint density at radius 3 is 2.52 bits per heavy atom. The molecule has 5 N–H and O–H groups in total. The summed E-state index contributed by atoms with van der Waals surface area (Å²) in [5.74, 6) is -1.03. The van der Waals surface area contributed by atoms with Crippen molar-refractivity contribution in [2.24, 2.45) is 10.2 Å². The van der Waals surface area contributed by atoms with E-state index in [0.717, 1.165) is 0 Å². The van der Waals surface area contributed by atoms with Crippen molar-refractivity contribution in [1.29, 1.82) is 0 Å². The van der Waals surface area contributed by atoms with Crippen LogP contribution in [0, 0.1) is 0 Å².